The summed E-state index contributed by atoms with van der Waals surface area (Å²) in [5, 5.41) is 5.89. The van der Waals surface area contributed by atoms with E-state index in [1.807, 2.05) is 18.7 Å². The van der Waals surface area contributed by atoms with Crippen molar-refractivity contribution in [1.82, 2.24) is 15.5 Å². The lowest BCUT2D eigenvalue weighted by molar-refractivity contribution is -0.125. The van der Waals surface area contributed by atoms with Gasteiger partial charge < -0.3 is 10.6 Å². The zero-order valence-electron chi connectivity index (χ0n) is 16.3. The molecule has 0 saturated heterocycles. The summed E-state index contributed by atoms with van der Waals surface area (Å²) in [4.78, 5) is 26.0. The molecule has 5 nitrogen and oxygen atoms in total. The summed E-state index contributed by atoms with van der Waals surface area (Å²) >= 11 is 0. The maximum atomic E-state index is 12.5. The molecule has 2 N–H and O–H groups in total. The van der Waals surface area contributed by atoms with Crippen LogP contribution in [0.3, 0.4) is 0 Å². The molecule has 1 rings (SSSR count). The number of nitrogens with zero attached hydrogens (tertiary/aromatic N) is 1. The van der Waals surface area contributed by atoms with Crippen molar-refractivity contribution in [3.8, 4) is 0 Å². The van der Waals surface area contributed by atoms with Crippen molar-refractivity contribution < 1.29 is 9.59 Å². The van der Waals surface area contributed by atoms with Gasteiger partial charge >= 0.3 is 0 Å². The van der Waals surface area contributed by atoms with Gasteiger partial charge in [-0.1, -0.05) is 52.0 Å². The number of rotatable bonds is 10. The molecule has 140 valence electrons. The average Bonchev–Trinajstić information content (AvgIpc) is 2.59. The van der Waals surface area contributed by atoms with E-state index in [4.69, 9.17) is 0 Å². The molecule has 25 heavy (non-hydrogen) atoms. The van der Waals surface area contributed by atoms with E-state index in [1.54, 1.807) is 0 Å². The Labute approximate surface area is 152 Å². The van der Waals surface area contributed by atoms with Gasteiger partial charge in [-0.3, -0.25) is 14.5 Å². The molecule has 0 aliphatic carbocycles. The standard InChI is InChI=1S/C20H33N3O2/c1-6-16-9-11-17(12-10-16)20(15(4)5)22-19(25)14-23(8-3)13-18(24)21-7-2/h9-12,15,20H,6-8,13-14H2,1-5H3,(H,21,24)(H,22,25)/t20-/m1/s1. The molecule has 2 amide bonds. The van der Waals surface area contributed by atoms with E-state index in [2.05, 4.69) is 55.7 Å². The predicted octanol–water partition coefficient (Wildman–Crippen LogP) is 2.52. The summed E-state index contributed by atoms with van der Waals surface area (Å²) < 4.78 is 0. The Kier molecular flexibility index (Phi) is 9.21. The minimum Gasteiger partial charge on any atom is -0.355 e. The summed E-state index contributed by atoms with van der Waals surface area (Å²) in [5.74, 6) is 0.187. The number of amides is 2. The average molecular weight is 348 g/mol. The highest BCUT2D eigenvalue weighted by atomic mass is 16.2. The number of likely N-dealkylation sites (N-methyl/N-ethyl adjacent to an activating group) is 2. The van der Waals surface area contributed by atoms with Gasteiger partial charge in [-0.15, -0.1) is 0 Å². The molecular formula is C20H33N3O2. The maximum Gasteiger partial charge on any atom is 0.234 e. The Hall–Kier alpha value is -1.88. The smallest absolute Gasteiger partial charge is 0.234 e. The summed E-state index contributed by atoms with van der Waals surface area (Å²) in [6, 6.07) is 8.39. The molecule has 0 aromatic heterocycles. The fourth-order valence-corrected chi connectivity index (χ4v) is 2.75. The second-order valence-corrected chi connectivity index (χ2v) is 6.64. The van der Waals surface area contributed by atoms with Crippen molar-refractivity contribution in [3.05, 3.63) is 35.4 Å². The molecule has 0 radical (unpaired) electrons. The van der Waals surface area contributed by atoms with Crippen molar-refractivity contribution in [2.75, 3.05) is 26.2 Å². The van der Waals surface area contributed by atoms with E-state index in [0.717, 1.165) is 12.0 Å². The second-order valence-electron chi connectivity index (χ2n) is 6.64. The van der Waals surface area contributed by atoms with E-state index in [9.17, 15) is 9.59 Å². The Balaban J connectivity index is 2.70. The molecule has 5 heteroatoms. The van der Waals surface area contributed by atoms with E-state index >= 15 is 0 Å². The second kappa shape index (κ2) is 10.9. The summed E-state index contributed by atoms with van der Waals surface area (Å²) in [6.45, 7) is 11.9. The molecular weight excluding hydrogens is 314 g/mol. The topological polar surface area (TPSA) is 61.4 Å². The fourth-order valence-electron chi connectivity index (χ4n) is 2.75. The summed E-state index contributed by atoms with van der Waals surface area (Å²) in [5.41, 5.74) is 2.41. The third-order valence-electron chi connectivity index (χ3n) is 4.29. The van der Waals surface area contributed by atoms with E-state index < -0.39 is 0 Å². The molecule has 1 aromatic rings. The third kappa shape index (κ3) is 7.26. The van der Waals surface area contributed by atoms with Crippen molar-refractivity contribution in [2.45, 2.75) is 47.1 Å². The van der Waals surface area contributed by atoms with E-state index in [0.29, 0.717) is 13.1 Å². The van der Waals surface area contributed by atoms with Crippen LogP contribution in [0.5, 0.6) is 0 Å². The van der Waals surface area contributed by atoms with Crippen molar-refractivity contribution in [3.63, 3.8) is 0 Å². The largest absolute Gasteiger partial charge is 0.355 e. The first kappa shape index (κ1) is 21.2. The van der Waals surface area contributed by atoms with Gasteiger partial charge in [0.25, 0.3) is 0 Å². The first-order valence-corrected chi connectivity index (χ1v) is 9.28. The van der Waals surface area contributed by atoms with Gasteiger partial charge in [0, 0.05) is 6.54 Å². The lowest BCUT2D eigenvalue weighted by Crippen LogP contribution is -2.44. The lowest BCUT2D eigenvalue weighted by atomic mass is 9.95. The molecule has 0 heterocycles. The number of benzene rings is 1. The molecule has 0 spiro atoms. The van der Waals surface area contributed by atoms with Gasteiger partial charge in [0.05, 0.1) is 19.1 Å². The first-order chi connectivity index (χ1) is 11.9. The highest BCUT2D eigenvalue weighted by Gasteiger charge is 2.20. The van der Waals surface area contributed by atoms with Gasteiger partial charge in [-0.25, -0.2) is 0 Å². The Morgan fingerprint density at radius 3 is 2.08 bits per heavy atom. The number of hydrogen-bond donors (Lipinski definition) is 2. The fraction of sp³-hybridized carbons (Fsp3) is 0.600. The monoisotopic (exact) mass is 347 g/mol. The molecule has 0 aliphatic heterocycles. The zero-order chi connectivity index (χ0) is 18.8. The van der Waals surface area contributed by atoms with Crippen LogP contribution in [0.4, 0.5) is 0 Å². The number of hydrogen-bond acceptors (Lipinski definition) is 3. The van der Waals surface area contributed by atoms with E-state index in [1.165, 1.54) is 5.56 Å². The Morgan fingerprint density at radius 1 is 1.00 bits per heavy atom. The predicted molar refractivity (Wildman–Crippen MR) is 102 cm³/mol. The lowest BCUT2D eigenvalue weighted by Gasteiger charge is -2.25. The molecule has 0 saturated carbocycles. The van der Waals surface area contributed by atoms with Crippen LogP contribution in [0.1, 0.15) is 51.8 Å². The summed E-state index contributed by atoms with van der Waals surface area (Å²) in [7, 11) is 0. The van der Waals surface area contributed by atoms with Crippen molar-refractivity contribution in [2.24, 2.45) is 5.92 Å². The molecule has 0 aliphatic rings. The molecule has 0 fully saturated rings. The number of nitrogens with one attached hydrogen (secondary N) is 2. The maximum absolute atomic E-state index is 12.5. The van der Waals surface area contributed by atoms with Crippen LogP contribution < -0.4 is 10.6 Å². The number of carbonyl (C=O) groups is 2. The normalized spacial score (nSPS) is 12.3. The Bertz CT molecular complexity index is 540. The van der Waals surface area contributed by atoms with Crippen LogP contribution in [0.2, 0.25) is 0 Å². The van der Waals surface area contributed by atoms with E-state index in [-0.39, 0.29) is 36.9 Å². The molecule has 0 bridgehead atoms. The first-order valence-electron chi connectivity index (χ1n) is 9.28. The number of aryl methyl sites for hydroxylation is 1. The molecule has 1 atom stereocenters. The molecule has 1 aromatic carbocycles. The van der Waals surface area contributed by atoms with Crippen molar-refractivity contribution in [1.29, 1.82) is 0 Å². The SMILES string of the molecule is CCNC(=O)CN(CC)CC(=O)N[C@@H](c1ccc(CC)cc1)C(C)C. The van der Waals surface area contributed by atoms with Gasteiger partial charge in [0.2, 0.25) is 11.8 Å². The Morgan fingerprint density at radius 2 is 1.60 bits per heavy atom. The van der Waals surface area contributed by atoms with Crippen LogP contribution in [-0.2, 0) is 16.0 Å². The minimum absolute atomic E-state index is 0.0263. The van der Waals surface area contributed by atoms with Crippen LogP contribution in [-0.4, -0.2) is 42.9 Å². The zero-order valence-corrected chi connectivity index (χ0v) is 16.3. The third-order valence-corrected chi connectivity index (χ3v) is 4.29. The van der Waals surface area contributed by atoms with Crippen molar-refractivity contribution >= 4 is 11.8 Å². The van der Waals surface area contributed by atoms with Gasteiger partial charge in [-0.2, -0.15) is 0 Å². The van der Waals surface area contributed by atoms with Gasteiger partial charge in [0.1, 0.15) is 0 Å². The highest BCUT2D eigenvalue weighted by molar-refractivity contribution is 5.81. The molecule has 0 unspecified atom stereocenters. The highest BCUT2D eigenvalue weighted by Crippen LogP contribution is 2.22. The van der Waals surface area contributed by atoms with Gasteiger partial charge in [-0.05, 0) is 36.9 Å². The number of carbonyl (C=O) groups excluding carboxylic acids is 2. The van der Waals surface area contributed by atoms with Crippen LogP contribution in [0.15, 0.2) is 24.3 Å². The minimum atomic E-state index is -0.0515. The quantitative estimate of drug-likeness (QED) is 0.684. The van der Waals surface area contributed by atoms with Gasteiger partial charge in [0.15, 0.2) is 0 Å². The van der Waals surface area contributed by atoms with Crippen LogP contribution in [0, 0.1) is 5.92 Å². The van der Waals surface area contributed by atoms with Crippen LogP contribution >= 0.6 is 0 Å². The van der Waals surface area contributed by atoms with Crippen LogP contribution in [0.25, 0.3) is 0 Å². The summed E-state index contributed by atoms with van der Waals surface area (Å²) in [6.07, 6.45) is 1.00.